The van der Waals surface area contributed by atoms with Gasteiger partial charge in [0.15, 0.2) is 0 Å². The fourth-order valence-corrected chi connectivity index (χ4v) is 2.19. The number of carbonyl (C=O) groups is 1. The summed E-state index contributed by atoms with van der Waals surface area (Å²) in [5, 5.41) is 12.0. The van der Waals surface area contributed by atoms with E-state index in [2.05, 4.69) is 11.4 Å². The summed E-state index contributed by atoms with van der Waals surface area (Å²) in [6.45, 7) is 4.66. The third kappa shape index (κ3) is 5.75. The Bertz CT molecular complexity index is 653. The lowest BCUT2D eigenvalue weighted by Gasteiger charge is -2.10. The number of nitrogens with one attached hydrogen (secondary N) is 1. The maximum Gasteiger partial charge on any atom is 0.251 e. The first kappa shape index (κ1) is 17.0. The summed E-state index contributed by atoms with van der Waals surface area (Å²) < 4.78 is 5.76. The molecule has 0 radical (unpaired) electrons. The smallest absolute Gasteiger partial charge is 0.251 e. The van der Waals surface area contributed by atoms with E-state index in [-0.39, 0.29) is 5.91 Å². The van der Waals surface area contributed by atoms with Gasteiger partial charge in [-0.2, -0.15) is 0 Å². The second kappa shape index (κ2) is 8.34. The molecule has 2 aromatic rings. The highest BCUT2D eigenvalue weighted by molar-refractivity contribution is 5.94. The zero-order valence-electron chi connectivity index (χ0n) is 13.6. The molecule has 4 heteroatoms. The number of aryl methyl sites for hydroxylation is 1. The van der Waals surface area contributed by atoms with Crippen LogP contribution in [0.25, 0.3) is 0 Å². The summed E-state index contributed by atoms with van der Waals surface area (Å²) in [5.74, 6) is 0.501. The van der Waals surface area contributed by atoms with Crippen molar-refractivity contribution in [1.82, 2.24) is 5.32 Å². The summed E-state index contributed by atoms with van der Waals surface area (Å²) >= 11 is 0. The highest BCUT2D eigenvalue weighted by Gasteiger charge is 2.07. The van der Waals surface area contributed by atoms with Crippen LogP contribution in [0.3, 0.4) is 0 Å². The van der Waals surface area contributed by atoms with E-state index >= 15 is 0 Å². The maximum absolute atomic E-state index is 12.0. The van der Waals surface area contributed by atoms with Crippen LogP contribution in [0, 0.1) is 6.92 Å². The second-order valence-corrected chi connectivity index (χ2v) is 5.70. The Balaban J connectivity index is 1.92. The summed E-state index contributed by atoms with van der Waals surface area (Å²) in [4.78, 5) is 12.0. The van der Waals surface area contributed by atoms with Gasteiger partial charge in [-0.3, -0.25) is 4.79 Å². The van der Waals surface area contributed by atoms with Crippen LogP contribution < -0.4 is 10.1 Å². The van der Waals surface area contributed by atoms with E-state index in [0.717, 1.165) is 5.56 Å². The van der Waals surface area contributed by atoms with E-state index in [1.807, 2.05) is 31.2 Å². The molecule has 122 valence electrons. The summed E-state index contributed by atoms with van der Waals surface area (Å²) in [5.41, 5.74) is 2.84. The van der Waals surface area contributed by atoms with Crippen LogP contribution in [0.5, 0.6) is 5.75 Å². The van der Waals surface area contributed by atoms with Gasteiger partial charge in [-0.25, -0.2) is 0 Å². The van der Waals surface area contributed by atoms with Gasteiger partial charge in [0.05, 0.1) is 6.10 Å². The van der Waals surface area contributed by atoms with Gasteiger partial charge >= 0.3 is 0 Å². The maximum atomic E-state index is 12.0. The van der Waals surface area contributed by atoms with Gasteiger partial charge in [0.2, 0.25) is 0 Å². The molecular weight excluding hydrogens is 290 g/mol. The largest absolute Gasteiger partial charge is 0.489 e. The number of benzene rings is 2. The third-order valence-electron chi connectivity index (χ3n) is 3.43. The quantitative estimate of drug-likeness (QED) is 0.826. The first-order chi connectivity index (χ1) is 11.0. The molecule has 2 aromatic carbocycles. The third-order valence-corrected chi connectivity index (χ3v) is 3.43. The Morgan fingerprint density at radius 1 is 1.22 bits per heavy atom. The number of rotatable bonds is 7. The standard InChI is InChI=1S/C19H23NO3/c1-14-5-3-6-16(11-14)13-23-18-8-4-7-17(12-18)19(22)20-10-9-15(2)21/h3-8,11-12,15,21H,9-10,13H2,1-2H3,(H,20,22). The normalized spacial score (nSPS) is 11.8. The van der Waals surface area contributed by atoms with Gasteiger partial charge in [-0.1, -0.05) is 35.9 Å². The molecule has 0 aliphatic rings. The fraction of sp³-hybridized carbons (Fsp3) is 0.316. The van der Waals surface area contributed by atoms with Crippen LogP contribution in [0.15, 0.2) is 48.5 Å². The average molecular weight is 313 g/mol. The zero-order valence-corrected chi connectivity index (χ0v) is 13.6. The average Bonchev–Trinajstić information content (AvgIpc) is 2.53. The highest BCUT2D eigenvalue weighted by atomic mass is 16.5. The van der Waals surface area contributed by atoms with Crippen LogP contribution >= 0.6 is 0 Å². The van der Waals surface area contributed by atoms with Crippen LogP contribution in [0.2, 0.25) is 0 Å². The minimum atomic E-state index is -0.417. The van der Waals surface area contributed by atoms with Crippen molar-refractivity contribution in [2.24, 2.45) is 0 Å². The van der Waals surface area contributed by atoms with Crippen LogP contribution in [-0.4, -0.2) is 23.7 Å². The molecule has 0 aliphatic carbocycles. The lowest BCUT2D eigenvalue weighted by atomic mass is 10.1. The Kier molecular flexibility index (Phi) is 6.18. The molecular formula is C19H23NO3. The van der Waals surface area contributed by atoms with E-state index in [1.165, 1.54) is 5.56 Å². The van der Waals surface area contributed by atoms with Crippen molar-refractivity contribution in [1.29, 1.82) is 0 Å². The van der Waals surface area contributed by atoms with E-state index in [1.54, 1.807) is 25.1 Å². The Hall–Kier alpha value is -2.33. The molecule has 0 aromatic heterocycles. The lowest BCUT2D eigenvalue weighted by molar-refractivity contribution is 0.0945. The van der Waals surface area contributed by atoms with Crippen LogP contribution in [-0.2, 0) is 6.61 Å². The van der Waals surface area contributed by atoms with Crippen LogP contribution in [0.1, 0.15) is 34.8 Å². The predicted molar refractivity (Wildman–Crippen MR) is 90.6 cm³/mol. The number of amides is 1. The van der Waals surface area contributed by atoms with Gasteiger partial charge in [-0.05, 0) is 44.0 Å². The molecule has 1 atom stereocenters. The monoisotopic (exact) mass is 313 g/mol. The Morgan fingerprint density at radius 2 is 2.00 bits per heavy atom. The van der Waals surface area contributed by atoms with Gasteiger partial charge in [0, 0.05) is 12.1 Å². The van der Waals surface area contributed by atoms with Crippen molar-refractivity contribution in [2.45, 2.75) is 33.0 Å². The predicted octanol–water partition coefficient (Wildman–Crippen LogP) is 3.07. The molecule has 1 unspecified atom stereocenters. The van der Waals surface area contributed by atoms with Gasteiger partial charge in [0.1, 0.15) is 12.4 Å². The van der Waals surface area contributed by atoms with E-state index in [4.69, 9.17) is 4.74 Å². The van der Waals surface area contributed by atoms with Gasteiger partial charge in [-0.15, -0.1) is 0 Å². The number of aliphatic hydroxyl groups excluding tert-OH is 1. The van der Waals surface area contributed by atoms with Crippen molar-refractivity contribution < 1.29 is 14.6 Å². The molecule has 0 saturated heterocycles. The molecule has 2 N–H and O–H groups in total. The lowest BCUT2D eigenvalue weighted by Crippen LogP contribution is -2.26. The first-order valence-electron chi connectivity index (χ1n) is 7.79. The minimum Gasteiger partial charge on any atom is -0.489 e. The molecule has 0 heterocycles. The molecule has 23 heavy (non-hydrogen) atoms. The number of ether oxygens (including phenoxy) is 1. The number of hydrogen-bond donors (Lipinski definition) is 2. The molecule has 0 fully saturated rings. The highest BCUT2D eigenvalue weighted by Crippen LogP contribution is 2.15. The minimum absolute atomic E-state index is 0.161. The number of carbonyl (C=O) groups excluding carboxylic acids is 1. The van der Waals surface area contributed by atoms with E-state index in [9.17, 15) is 9.90 Å². The van der Waals surface area contributed by atoms with Gasteiger partial charge in [0.25, 0.3) is 5.91 Å². The van der Waals surface area contributed by atoms with Crippen molar-refractivity contribution in [3.8, 4) is 5.75 Å². The molecule has 0 saturated carbocycles. The SMILES string of the molecule is Cc1cccc(COc2cccc(C(=O)NCCC(C)O)c2)c1. The topological polar surface area (TPSA) is 58.6 Å². The first-order valence-corrected chi connectivity index (χ1v) is 7.79. The number of hydrogen-bond acceptors (Lipinski definition) is 3. The van der Waals surface area contributed by atoms with Crippen molar-refractivity contribution in [3.05, 3.63) is 65.2 Å². The molecule has 4 nitrogen and oxygen atoms in total. The fourth-order valence-electron chi connectivity index (χ4n) is 2.19. The molecule has 0 bridgehead atoms. The van der Waals surface area contributed by atoms with Crippen LogP contribution in [0.4, 0.5) is 0 Å². The van der Waals surface area contributed by atoms with Crippen molar-refractivity contribution >= 4 is 5.91 Å². The van der Waals surface area contributed by atoms with Gasteiger partial charge < -0.3 is 15.2 Å². The molecule has 0 aliphatic heterocycles. The van der Waals surface area contributed by atoms with Crippen molar-refractivity contribution in [3.63, 3.8) is 0 Å². The zero-order chi connectivity index (χ0) is 16.7. The van der Waals surface area contributed by atoms with E-state index in [0.29, 0.717) is 30.9 Å². The second-order valence-electron chi connectivity index (χ2n) is 5.70. The van der Waals surface area contributed by atoms with Crippen molar-refractivity contribution in [2.75, 3.05) is 6.54 Å². The molecule has 1 amide bonds. The number of aliphatic hydroxyl groups is 1. The Labute approximate surface area is 137 Å². The summed E-state index contributed by atoms with van der Waals surface area (Å²) in [6, 6.07) is 15.2. The van der Waals surface area contributed by atoms with E-state index < -0.39 is 6.10 Å². The molecule has 0 spiro atoms. The summed E-state index contributed by atoms with van der Waals surface area (Å²) in [7, 11) is 0. The summed E-state index contributed by atoms with van der Waals surface area (Å²) in [6.07, 6.45) is 0.120. The Morgan fingerprint density at radius 3 is 2.74 bits per heavy atom. The molecule has 2 rings (SSSR count).